The monoisotopic (exact) mass is 395 g/mol. The second-order valence-corrected chi connectivity index (χ2v) is 5.65. The van der Waals surface area contributed by atoms with E-state index in [1.54, 1.807) is 11.4 Å². The summed E-state index contributed by atoms with van der Waals surface area (Å²) in [6.07, 6.45) is -5.83. The molecule has 2 aromatic rings. The minimum Gasteiger partial charge on any atom is -0.449 e. The van der Waals surface area contributed by atoms with Crippen LogP contribution in [0.3, 0.4) is 0 Å². The van der Waals surface area contributed by atoms with Crippen molar-refractivity contribution >= 4 is 29.3 Å². The maximum absolute atomic E-state index is 12.9. The molecular weight excluding hydrogens is 379 g/mol. The van der Waals surface area contributed by atoms with E-state index in [1.807, 2.05) is 0 Å². The molecule has 2 rings (SSSR count). The van der Waals surface area contributed by atoms with Crippen LogP contribution in [0, 0.1) is 0 Å². The van der Waals surface area contributed by atoms with Gasteiger partial charge in [-0.2, -0.15) is 13.2 Å². The highest BCUT2D eigenvalue weighted by molar-refractivity contribution is 6.00. The first-order valence-electron chi connectivity index (χ1n) is 7.92. The Morgan fingerprint density at radius 3 is 2.39 bits per heavy atom. The molecule has 0 saturated carbocycles. The van der Waals surface area contributed by atoms with Gasteiger partial charge < -0.3 is 15.8 Å². The van der Waals surface area contributed by atoms with Gasteiger partial charge in [0.25, 0.3) is 5.91 Å². The quantitative estimate of drug-likeness (QED) is 0.674. The van der Waals surface area contributed by atoms with Crippen LogP contribution in [0.25, 0.3) is 0 Å². The molecular formula is C18H16F3N3O4. The van der Waals surface area contributed by atoms with Gasteiger partial charge in [-0.3, -0.25) is 10.1 Å². The summed E-state index contributed by atoms with van der Waals surface area (Å²) in [4.78, 5) is 34.6. The zero-order chi connectivity index (χ0) is 20.9. The molecule has 0 aliphatic heterocycles. The first-order valence-corrected chi connectivity index (χ1v) is 7.92. The van der Waals surface area contributed by atoms with E-state index in [9.17, 15) is 27.6 Å². The van der Waals surface area contributed by atoms with Crippen LogP contribution in [-0.2, 0) is 15.7 Å². The molecule has 0 aromatic heterocycles. The van der Waals surface area contributed by atoms with Crippen molar-refractivity contribution < 1.29 is 32.3 Å². The van der Waals surface area contributed by atoms with Crippen LogP contribution in [0.2, 0.25) is 0 Å². The third-order valence-electron chi connectivity index (χ3n) is 3.52. The highest BCUT2D eigenvalue weighted by atomic mass is 19.4. The number of ether oxygens (including phenoxy) is 1. The Kier molecular flexibility index (Phi) is 6.24. The van der Waals surface area contributed by atoms with Crippen LogP contribution in [-0.4, -0.2) is 24.0 Å². The summed E-state index contributed by atoms with van der Waals surface area (Å²) in [6, 6.07) is 9.26. The summed E-state index contributed by atoms with van der Waals surface area (Å²) in [5.41, 5.74) is 4.24. The van der Waals surface area contributed by atoms with E-state index in [1.165, 1.54) is 37.3 Å². The molecule has 0 saturated heterocycles. The number of hydrogen-bond acceptors (Lipinski definition) is 5. The minimum absolute atomic E-state index is 0.0152. The largest absolute Gasteiger partial charge is 0.449 e. The average molecular weight is 395 g/mol. The molecule has 4 N–H and O–H groups in total. The Bertz CT molecular complexity index is 900. The SMILES string of the molecule is CC(OC(=O)c1ccccc1Nc1cccc(C(F)(F)F)c1)C(=O)NC(N)=O. The standard InChI is InChI=1S/C18H16F3N3O4/c1-10(15(25)24-17(22)27)28-16(26)13-7-2-3-8-14(13)23-12-6-4-5-11(9-12)18(19,20)21/h2-10,23H,1H3,(H3,22,24,25,27). The second kappa shape index (κ2) is 8.42. The van der Waals surface area contributed by atoms with Crippen molar-refractivity contribution in [2.24, 2.45) is 5.73 Å². The van der Waals surface area contributed by atoms with Gasteiger partial charge in [0.1, 0.15) is 0 Å². The van der Waals surface area contributed by atoms with Gasteiger partial charge in [-0.25, -0.2) is 9.59 Å². The third-order valence-corrected chi connectivity index (χ3v) is 3.52. The van der Waals surface area contributed by atoms with E-state index in [0.717, 1.165) is 12.1 Å². The summed E-state index contributed by atoms with van der Waals surface area (Å²) in [5.74, 6) is -1.83. The molecule has 3 amide bonds. The topological polar surface area (TPSA) is 111 Å². The lowest BCUT2D eigenvalue weighted by Crippen LogP contribution is -2.42. The van der Waals surface area contributed by atoms with Crippen molar-refractivity contribution in [1.82, 2.24) is 5.32 Å². The van der Waals surface area contributed by atoms with Crippen molar-refractivity contribution in [2.75, 3.05) is 5.32 Å². The average Bonchev–Trinajstić information content (AvgIpc) is 2.61. The molecule has 0 spiro atoms. The zero-order valence-corrected chi connectivity index (χ0v) is 14.5. The van der Waals surface area contributed by atoms with E-state index in [-0.39, 0.29) is 16.9 Å². The van der Waals surface area contributed by atoms with Crippen LogP contribution in [0.5, 0.6) is 0 Å². The van der Waals surface area contributed by atoms with Crippen molar-refractivity contribution in [3.63, 3.8) is 0 Å². The summed E-state index contributed by atoms with van der Waals surface area (Å²) < 4.78 is 43.5. The molecule has 28 heavy (non-hydrogen) atoms. The molecule has 0 radical (unpaired) electrons. The summed E-state index contributed by atoms with van der Waals surface area (Å²) in [7, 11) is 0. The number of amides is 3. The molecule has 1 unspecified atom stereocenters. The van der Waals surface area contributed by atoms with Crippen molar-refractivity contribution in [3.05, 3.63) is 59.7 Å². The number of anilines is 2. The molecule has 0 bridgehead atoms. The van der Waals surface area contributed by atoms with Gasteiger partial charge in [-0.05, 0) is 37.3 Å². The number of benzene rings is 2. The van der Waals surface area contributed by atoms with Crippen LogP contribution in [0.1, 0.15) is 22.8 Å². The fourth-order valence-corrected chi connectivity index (χ4v) is 2.20. The van der Waals surface area contributed by atoms with E-state index in [4.69, 9.17) is 10.5 Å². The highest BCUT2D eigenvalue weighted by Gasteiger charge is 2.30. The molecule has 2 aromatic carbocycles. The molecule has 148 valence electrons. The number of rotatable bonds is 5. The number of para-hydroxylation sites is 1. The summed E-state index contributed by atoms with van der Waals surface area (Å²) in [5, 5.41) is 4.50. The van der Waals surface area contributed by atoms with Crippen molar-refractivity contribution in [3.8, 4) is 0 Å². The zero-order valence-electron chi connectivity index (χ0n) is 14.5. The lowest BCUT2D eigenvalue weighted by Gasteiger charge is -2.15. The predicted octanol–water partition coefficient (Wildman–Crippen LogP) is 3.19. The number of alkyl halides is 3. The van der Waals surface area contributed by atoms with Gasteiger partial charge in [-0.1, -0.05) is 18.2 Å². The molecule has 0 fully saturated rings. The Morgan fingerprint density at radius 1 is 1.07 bits per heavy atom. The van der Waals surface area contributed by atoms with Gasteiger partial charge in [0, 0.05) is 5.69 Å². The number of hydrogen-bond donors (Lipinski definition) is 3. The van der Waals surface area contributed by atoms with Gasteiger partial charge in [0.05, 0.1) is 16.8 Å². The van der Waals surface area contributed by atoms with Crippen LogP contribution < -0.4 is 16.4 Å². The smallest absolute Gasteiger partial charge is 0.416 e. The third kappa shape index (κ3) is 5.47. The van der Waals surface area contributed by atoms with Gasteiger partial charge in [0.2, 0.25) is 0 Å². The van der Waals surface area contributed by atoms with E-state index < -0.39 is 35.8 Å². The summed E-state index contributed by atoms with van der Waals surface area (Å²) in [6.45, 7) is 1.24. The number of nitrogens with two attached hydrogens (primary N) is 1. The molecule has 0 aliphatic carbocycles. The number of esters is 1. The van der Waals surface area contributed by atoms with Gasteiger partial charge in [0.15, 0.2) is 6.10 Å². The number of nitrogens with one attached hydrogen (secondary N) is 2. The number of carbonyl (C=O) groups excluding carboxylic acids is 3. The molecule has 0 aliphatic rings. The van der Waals surface area contributed by atoms with Crippen LogP contribution >= 0.6 is 0 Å². The van der Waals surface area contributed by atoms with Crippen LogP contribution in [0.15, 0.2) is 48.5 Å². The van der Waals surface area contributed by atoms with Gasteiger partial charge in [-0.15, -0.1) is 0 Å². The van der Waals surface area contributed by atoms with E-state index >= 15 is 0 Å². The Hall–Kier alpha value is -3.56. The van der Waals surface area contributed by atoms with E-state index in [0.29, 0.717) is 0 Å². The Morgan fingerprint density at radius 2 is 1.75 bits per heavy atom. The number of imide groups is 1. The van der Waals surface area contributed by atoms with Gasteiger partial charge >= 0.3 is 18.2 Å². The lowest BCUT2D eigenvalue weighted by atomic mass is 10.1. The predicted molar refractivity (Wildman–Crippen MR) is 93.8 cm³/mol. The van der Waals surface area contributed by atoms with Crippen molar-refractivity contribution in [2.45, 2.75) is 19.2 Å². The Balaban J connectivity index is 2.20. The van der Waals surface area contributed by atoms with Crippen LogP contribution in [0.4, 0.5) is 29.3 Å². The normalized spacial score (nSPS) is 12.0. The first-order chi connectivity index (χ1) is 13.1. The molecule has 0 heterocycles. The Labute approximate surface area is 157 Å². The van der Waals surface area contributed by atoms with E-state index in [2.05, 4.69) is 5.32 Å². The molecule has 10 heteroatoms. The number of urea groups is 1. The molecule has 1 atom stereocenters. The number of primary amides is 1. The lowest BCUT2D eigenvalue weighted by molar-refractivity contribution is -0.137. The maximum atomic E-state index is 12.9. The van der Waals surface area contributed by atoms with Crippen molar-refractivity contribution in [1.29, 1.82) is 0 Å². The fourth-order valence-electron chi connectivity index (χ4n) is 2.20. The number of carbonyl (C=O) groups is 3. The molecule has 7 nitrogen and oxygen atoms in total. The second-order valence-electron chi connectivity index (χ2n) is 5.65. The number of halogens is 3. The maximum Gasteiger partial charge on any atom is 0.416 e. The first kappa shape index (κ1) is 20.7. The fraction of sp³-hybridized carbons (Fsp3) is 0.167. The minimum atomic E-state index is -4.51. The summed E-state index contributed by atoms with van der Waals surface area (Å²) >= 11 is 0. The highest BCUT2D eigenvalue weighted by Crippen LogP contribution is 2.32.